The first-order valence-corrected chi connectivity index (χ1v) is 4.80. The molecule has 0 heterocycles. The van der Waals surface area contributed by atoms with Crippen LogP contribution in [0.4, 0.5) is 0 Å². The van der Waals surface area contributed by atoms with Gasteiger partial charge in [-0.1, -0.05) is 18.2 Å². The molecule has 11 heavy (non-hydrogen) atoms. The Balaban J connectivity index is 2.69. The van der Waals surface area contributed by atoms with E-state index in [2.05, 4.69) is 0 Å². The molecule has 0 saturated carbocycles. The van der Waals surface area contributed by atoms with Gasteiger partial charge >= 0.3 is 0 Å². The van der Waals surface area contributed by atoms with E-state index < -0.39 is 10.8 Å². The maximum absolute atomic E-state index is 11.3. The van der Waals surface area contributed by atoms with Crippen molar-refractivity contribution in [2.45, 2.75) is 4.90 Å². The lowest BCUT2D eigenvalue weighted by molar-refractivity contribution is 0.683. The van der Waals surface area contributed by atoms with Crippen molar-refractivity contribution < 1.29 is 4.21 Å². The maximum Gasteiger partial charge on any atom is 0.0542 e. The molecule has 1 atom stereocenters. The summed E-state index contributed by atoms with van der Waals surface area (Å²) in [6.07, 6.45) is 0. The van der Waals surface area contributed by atoms with Crippen LogP contribution in [-0.4, -0.2) is 16.5 Å². The zero-order valence-corrected chi connectivity index (χ0v) is 7.01. The third-order valence-corrected chi connectivity index (χ3v) is 2.71. The third-order valence-electron chi connectivity index (χ3n) is 1.31. The Labute approximate surface area is 68.9 Å². The topological polar surface area (TPSA) is 43.1 Å². The fraction of sp³-hybridized carbons (Fsp3) is 0.250. The van der Waals surface area contributed by atoms with E-state index in [-0.39, 0.29) is 0 Å². The van der Waals surface area contributed by atoms with Crippen LogP contribution >= 0.6 is 0 Å². The van der Waals surface area contributed by atoms with Crippen LogP contribution in [-0.2, 0) is 10.8 Å². The second-order valence-corrected chi connectivity index (χ2v) is 3.72. The largest absolute Gasteiger partial charge is 0.330 e. The fourth-order valence-electron chi connectivity index (χ4n) is 0.797. The smallest absolute Gasteiger partial charge is 0.0542 e. The van der Waals surface area contributed by atoms with E-state index >= 15 is 0 Å². The van der Waals surface area contributed by atoms with Crippen molar-refractivity contribution in [3.8, 4) is 0 Å². The van der Waals surface area contributed by atoms with Crippen molar-refractivity contribution in [2.75, 3.05) is 12.3 Å². The Hall–Kier alpha value is -0.670. The molecule has 0 saturated heterocycles. The molecule has 0 amide bonds. The Kier molecular flexibility index (Phi) is 3.26. The van der Waals surface area contributed by atoms with Gasteiger partial charge < -0.3 is 5.73 Å². The minimum atomic E-state index is -0.908. The van der Waals surface area contributed by atoms with Gasteiger partial charge in [0, 0.05) is 17.2 Å². The molecular formula is C8H11NOS. The quantitative estimate of drug-likeness (QED) is 0.725. The van der Waals surface area contributed by atoms with Crippen LogP contribution in [0.5, 0.6) is 0 Å². The lowest BCUT2D eigenvalue weighted by Gasteiger charge is -1.97. The van der Waals surface area contributed by atoms with Gasteiger partial charge in [0.25, 0.3) is 0 Å². The molecule has 0 aliphatic heterocycles. The predicted octanol–water partition coefficient (Wildman–Crippen LogP) is 0.753. The van der Waals surface area contributed by atoms with Gasteiger partial charge in [-0.2, -0.15) is 0 Å². The van der Waals surface area contributed by atoms with Crippen molar-refractivity contribution in [1.82, 2.24) is 0 Å². The van der Waals surface area contributed by atoms with Crippen molar-refractivity contribution in [3.63, 3.8) is 0 Å². The molecule has 2 nitrogen and oxygen atoms in total. The second kappa shape index (κ2) is 4.26. The molecule has 0 spiro atoms. The minimum Gasteiger partial charge on any atom is -0.330 e. The van der Waals surface area contributed by atoms with Crippen LogP contribution in [0.1, 0.15) is 0 Å². The lowest BCUT2D eigenvalue weighted by Crippen LogP contribution is -2.09. The van der Waals surface area contributed by atoms with Crippen molar-refractivity contribution in [3.05, 3.63) is 30.3 Å². The molecule has 0 unspecified atom stereocenters. The first-order chi connectivity index (χ1) is 5.34. The van der Waals surface area contributed by atoms with E-state index in [0.29, 0.717) is 12.3 Å². The summed E-state index contributed by atoms with van der Waals surface area (Å²) in [6.45, 7) is 0.474. The summed E-state index contributed by atoms with van der Waals surface area (Å²) in [5.41, 5.74) is 5.27. The number of nitrogens with two attached hydrogens (primary N) is 1. The van der Waals surface area contributed by atoms with Gasteiger partial charge in [0.15, 0.2) is 0 Å². The van der Waals surface area contributed by atoms with Gasteiger partial charge in [-0.3, -0.25) is 4.21 Å². The number of rotatable bonds is 3. The molecule has 0 fully saturated rings. The second-order valence-electron chi connectivity index (χ2n) is 2.15. The summed E-state index contributed by atoms with van der Waals surface area (Å²) in [4.78, 5) is 0.859. The normalized spacial score (nSPS) is 12.8. The van der Waals surface area contributed by atoms with Crippen molar-refractivity contribution in [2.24, 2.45) is 5.73 Å². The maximum atomic E-state index is 11.3. The molecule has 1 rings (SSSR count). The van der Waals surface area contributed by atoms with Gasteiger partial charge in [-0.15, -0.1) is 0 Å². The fourth-order valence-corrected chi connectivity index (χ4v) is 1.71. The Bertz CT molecular complexity index is 235. The monoisotopic (exact) mass is 169 g/mol. The van der Waals surface area contributed by atoms with Crippen LogP contribution in [0.25, 0.3) is 0 Å². The summed E-state index contributed by atoms with van der Waals surface area (Å²) in [5.74, 6) is 0.546. The molecular weight excluding hydrogens is 158 g/mol. The van der Waals surface area contributed by atoms with Gasteiger partial charge in [0.1, 0.15) is 0 Å². The first kappa shape index (κ1) is 8.43. The average Bonchev–Trinajstić information content (AvgIpc) is 2.07. The molecule has 1 aromatic rings. The zero-order chi connectivity index (χ0) is 8.10. The molecule has 0 aliphatic carbocycles. The first-order valence-electron chi connectivity index (χ1n) is 3.48. The Morgan fingerprint density at radius 2 is 1.91 bits per heavy atom. The SMILES string of the molecule is NCC[S@](=O)c1ccccc1. The van der Waals surface area contributed by atoms with Gasteiger partial charge in [0.05, 0.1) is 10.8 Å². The molecule has 0 bridgehead atoms. The lowest BCUT2D eigenvalue weighted by atomic mass is 10.4. The summed E-state index contributed by atoms with van der Waals surface area (Å²) < 4.78 is 11.3. The van der Waals surface area contributed by atoms with E-state index in [0.717, 1.165) is 4.90 Å². The molecule has 0 aromatic heterocycles. The van der Waals surface area contributed by atoms with E-state index in [1.165, 1.54) is 0 Å². The highest BCUT2D eigenvalue weighted by Crippen LogP contribution is 2.03. The molecule has 2 N–H and O–H groups in total. The van der Waals surface area contributed by atoms with Crippen molar-refractivity contribution >= 4 is 10.8 Å². The van der Waals surface area contributed by atoms with E-state index in [4.69, 9.17) is 5.73 Å². The van der Waals surface area contributed by atoms with Crippen molar-refractivity contribution in [1.29, 1.82) is 0 Å². The summed E-state index contributed by atoms with van der Waals surface area (Å²) >= 11 is 0. The summed E-state index contributed by atoms with van der Waals surface area (Å²) in [5, 5.41) is 0. The highest BCUT2D eigenvalue weighted by atomic mass is 32.2. The average molecular weight is 169 g/mol. The van der Waals surface area contributed by atoms with Crippen LogP contribution in [0.15, 0.2) is 35.2 Å². The molecule has 0 radical (unpaired) electrons. The number of hydrogen-bond acceptors (Lipinski definition) is 2. The molecule has 60 valence electrons. The van der Waals surface area contributed by atoms with E-state index in [1.54, 1.807) is 0 Å². The predicted molar refractivity (Wildman–Crippen MR) is 46.8 cm³/mol. The molecule has 0 aliphatic rings. The van der Waals surface area contributed by atoms with Crippen LogP contribution in [0.2, 0.25) is 0 Å². The Morgan fingerprint density at radius 3 is 2.45 bits per heavy atom. The Morgan fingerprint density at radius 1 is 1.27 bits per heavy atom. The zero-order valence-electron chi connectivity index (χ0n) is 6.19. The summed E-state index contributed by atoms with van der Waals surface area (Å²) in [7, 11) is -0.908. The standard InChI is InChI=1S/C8H11NOS/c9-6-7-11(10)8-4-2-1-3-5-8/h1-5H,6-7,9H2/t11-/m0/s1. The highest BCUT2D eigenvalue weighted by Gasteiger charge is 1.99. The number of benzene rings is 1. The molecule has 1 aromatic carbocycles. The van der Waals surface area contributed by atoms with Gasteiger partial charge in [-0.25, -0.2) is 0 Å². The van der Waals surface area contributed by atoms with E-state index in [9.17, 15) is 4.21 Å². The highest BCUT2D eigenvalue weighted by molar-refractivity contribution is 7.85. The van der Waals surface area contributed by atoms with Gasteiger partial charge in [-0.05, 0) is 12.1 Å². The van der Waals surface area contributed by atoms with Crippen LogP contribution < -0.4 is 5.73 Å². The van der Waals surface area contributed by atoms with Gasteiger partial charge in [0.2, 0.25) is 0 Å². The van der Waals surface area contributed by atoms with E-state index in [1.807, 2.05) is 30.3 Å². The number of hydrogen-bond donors (Lipinski definition) is 1. The summed E-state index contributed by atoms with van der Waals surface area (Å²) in [6, 6.07) is 9.37. The van der Waals surface area contributed by atoms with Crippen LogP contribution in [0.3, 0.4) is 0 Å². The minimum absolute atomic E-state index is 0.474. The van der Waals surface area contributed by atoms with Crippen LogP contribution in [0, 0.1) is 0 Å². The third kappa shape index (κ3) is 2.44. The molecule has 3 heteroatoms.